The minimum absolute atomic E-state index is 0.406. The Morgan fingerprint density at radius 2 is 2.71 bits per heavy atom. The Morgan fingerprint density at radius 1 is 1.86 bits per heavy atom. The summed E-state index contributed by atoms with van der Waals surface area (Å²) in [5, 5.41) is 0. The van der Waals surface area contributed by atoms with Crippen molar-refractivity contribution in [3.05, 3.63) is 12.0 Å². The first-order chi connectivity index (χ1) is 3.43. The van der Waals surface area contributed by atoms with Gasteiger partial charge in [-0.15, -0.1) is 0 Å². The molecule has 1 aliphatic rings. The fourth-order valence-electron chi connectivity index (χ4n) is 0.456. The van der Waals surface area contributed by atoms with Crippen LogP contribution in [0.1, 0.15) is 13.3 Å². The van der Waals surface area contributed by atoms with Gasteiger partial charge in [0.25, 0.3) is 0 Å². The molecule has 0 fully saturated rings. The van der Waals surface area contributed by atoms with Crippen molar-refractivity contribution in [2.45, 2.75) is 13.3 Å². The molecule has 1 heterocycles. The maximum absolute atomic E-state index is 4.94. The number of hydrogen-bond acceptors (Lipinski definition) is 2. The van der Waals surface area contributed by atoms with Gasteiger partial charge >= 0.3 is 0 Å². The summed E-state index contributed by atoms with van der Waals surface area (Å²) in [5.74, 6) is 0.944. The zero-order valence-electron chi connectivity index (χ0n) is 4.31. The minimum atomic E-state index is 0.406. The van der Waals surface area contributed by atoms with Gasteiger partial charge in [-0.2, -0.15) is 0 Å². The molecule has 7 heavy (non-hydrogen) atoms. The summed E-state index contributed by atoms with van der Waals surface area (Å²) < 4.78 is 9.70. The van der Waals surface area contributed by atoms with E-state index in [0.717, 1.165) is 12.2 Å². The van der Waals surface area contributed by atoms with Crippen molar-refractivity contribution in [1.82, 2.24) is 0 Å². The van der Waals surface area contributed by atoms with Crippen molar-refractivity contribution in [3.8, 4) is 0 Å². The molecule has 0 radical (unpaired) electrons. The van der Waals surface area contributed by atoms with Crippen LogP contribution in [0.15, 0.2) is 12.0 Å². The number of ether oxygens (including phenoxy) is 2. The lowest BCUT2D eigenvalue weighted by atomic mass is 10.4. The third-order valence-corrected chi connectivity index (χ3v) is 0.876. The molecule has 40 valence electrons. The standard InChI is InChI=1S/C5H8O2/c1-2-5-3-6-4-7-5/h3H,2,4H2,1H3. The minimum Gasteiger partial charge on any atom is -0.462 e. The van der Waals surface area contributed by atoms with E-state index in [0.29, 0.717) is 6.79 Å². The largest absolute Gasteiger partial charge is 0.462 e. The first-order valence-corrected chi connectivity index (χ1v) is 2.37. The second-order valence-electron chi connectivity index (χ2n) is 1.37. The van der Waals surface area contributed by atoms with E-state index < -0.39 is 0 Å². The Hall–Kier alpha value is -0.660. The monoisotopic (exact) mass is 100 g/mol. The highest BCUT2D eigenvalue weighted by Gasteiger charge is 2.00. The van der Waals surface area contributed by atoms with Crippen LogP contribution >= 0.6 is 0 Å². The molecule has 2 nitrogen and oxygen atoms in total. The van der Waals surface area contributed by atoms with E-state index >= 15 is 0 Å². The van der Waals surface area contributed by atoms with E-state index in [-0.39, 0.29) is 0 Å². The molecule has 1 aliphatic heterocycles. The normalized spacial score (nSPS) is 17.6. The molecule has 0 bridgehead atoms. The van der Waals surface area contributed by atoms with Crippen molar-refractivity contribution in [2.75, 3.05) is 6.79 Å². The maximum Gasteiger partial charge on any atom is 0.229 e. The highest BCUT2D eigenvalue weighted by molar-refractivity contribution is 4.87. The van der Waals surface area contributed by atoms with Gasteiger partial charge in [0.2, 0.25) is 6.79 Å². The Labute approximate surface area is 42.7 Å². The van der Waals surface area contributed by atoms with Crippen LogP contribution in [0.4, 0.5) is 0 Å². The van der Waals surface area contributed by atoms with Crippen LogP contribution in [0.2, 0.25) is 0 Å². The lowest BCUT2D eigenvalue weighted by Gasteiger charge is -1.91. The highest BCUT2D eigenvalue weighted by Crippen LogP contribution is 2.08. The van der Waals surface area contributed by atoms with Crippen LogP contribution < -0.4 is 0 Å². The predicted octanol–water partition coefficient (Wildman–Crippen LogP) is 1.24. The van der Waals surface area contributed by atoms with E-state index in [4.69, 9.17) is 9.47 Å². The second-order valence-corrected chi connectivity index (χ2v) is 1.37. The van der Waals surface area contributed by atoms with Crippen molar-refractivity contribution in [3.63, 3.8) is 0 Å². The molecular formula is C5H8O2. The molecular weight excluding hydrogens is 92.1 g/mol. The second kappa shape index (κ2) is 1.87. The van der Waals surface area contributed by atoms with Gasteiger partial charge in [0.1, 0.15) is 12.0 Å². The molecule has 0 amide bonds. The third-order valence-electron chi connectivity index (χ3n) is 0.876. The molecule has 2 heteroatoms. The summed E-state index contributed by atoms with van der Waals surface area (Å²) in [7, 11) is 0. The Morgan fingerprint density at radius 3 is 3.00 bits per heavy atom. The Bertz CT molecular complexity index is 86.1. The van der Waals surface area contributed by atoms with Crippen molar-refractivity contribution < 1.29 is 9.47 Å². The van der Waals surface area contributed by atoms with Crippen molar-refractivity contribution >= 4 is 0 Å². The molecule has 0 N–H and O–H groups in total. The molecule has 0 spiro atoms. The van der Waals surface area contributed by atoms with Gasteiger partial charge < -0.3 is 9.47 Å². The third kappa shape index (κ3) is 0.856. The van der Waals surface area contributed by atoms with E-state index in [2.05, 4.69) is 0 Å². The van der Waals surface area contributed by atoms with Crippen LogP contribution in [-0.2, 0) is 9.47 Å². The van der Waals surface area contributed by atoms with Gasteiger partial charge in [0.05, 0.1) is 0 Å². The zero-order valence-corrected chi connectivity index (χ0v) is 4.31. The van der Waals surface area contributed by atoms with Gasteiger partial charge in [-0.3, -0.25) is 0 Å². The van der Waals surface area contributed by atoms with Gasteiger partial charge in [-0.1, -0.05) is 6.92 Å². The Kier molecular flexibility index (Phi) is 1.20. The summed E-state index contributed by atoms with van der Waals surface area (Å²) in [6.07, 6.45) is 2.58. The van der Waals surface area contributed by atoms with Crippen LogP contribution in [0.3, 0.4) is 0 Å². The van der Waals surface area contributed by atoms with Gasteiger partial charge in [0.15, 0.2) is 0 Å². The summed E-state index contributed by atoms with van der Waals surface area (Å²) >= 11 is 0. The fourth-order valence-corrected chi connectivity index (χ4v) is 0.456. The topological polar surface area (TPSA) is 18.5 Å². The average molecular weight is 100 g/mol. The molecule has 1 rings (SSSR count). The van der Waals surface area contributed by atoms with Crippen LogP contribution in [-0.4, -0.2) is 6.79 Å². The van der Waals surface area contributed by atoms with Gasteiger partial charge in [-0.25, -0.2) is 0 Å². The number of allylic oxidation sites excluding steroid dienone is 1. The summed E-state index contributed by atoms with van der Waals surface area (Å²) in [6.45, 7) is 2.43. The summed E-state index contributed by atoms with van der Waals surface area (Å²) in [5.41, 5.74) is 0. The molecule has 0 atom stereocenters. The number of rotatable bonds is 1. The van der Waals surface area contributed by atoms with Gasteiger partial charge in [-0.05, 0) is 0 Å². The molecule has 0 saturated heterocycles. The van der Waals surface area contributed by atoms with E-state index in [1.54, 1.807) is 6.26 Å². The molecule has 0 aromatic heterocycles. The molecule has 0 aliphatic carbocycles. The lowest BCUT2D eigenvalue weighted by molar-refractivity contribution is 0.0785. The molecule has 0 unspecified atom stereocenters. The van der Waals surface area contributed by atoms with Crippen LogP contribution in [0.5, 0.6) is 0 Å². The predicted molar refractivity (Wildman–Crippen MR) is 25.4 cm³/mol. The highest BCUT2D eigenvalue weighted by atomic mass is 16.7. The zero-order chi connectivity index (χ0) is 5.11. The van der Waals surface area contributed by atoms with Gasteiger partial charge in [0, 0.05) is 6.42 Å². The first-order valence-electron chi connectivity index (χ1n) is 2.37. The van der Waals surface area contributed by atoms with Crippen molar-refractivity contribution in [2.24, 2.45) is 0 Å². The van der Waals surface area contributed by atoms with E-state index in [1.165, 1.54) is 0 Å². The van der Waals surface area contributed by atoms with Crippen molar-refractivity contribution in [1.29, 1.82) is 0 Å². The molecule has 0 aromatic carbocycles. The van der Waals surface area contributed by atoms with Crippen LogP contribution in [0, 0.1) is 0 Å². The SMILES string of the molecule is CCC1=COCO1. The summed E-state index contributed by atoms with van der Waals surface area (Å²) in [4.78, 5) is 0. The van der Waals surface area contributed by atoms with E-state index in [1.807, 2.05) is 6.92 Å². The lowest BCUT2D eigenvalue weighted by Crippen LogP contribution is -1.81. The van der Waals surface area contributed by atoms with Crippen LogP contribution in [0.25, 0.3) is 0 Å². The smallest absolute Gasteiger partial charge is 0.229 e. The van der Waals surface area contributed by atoms with E-state index in [9.17, 15) is 0 Å². The molecule has 0 saturated carbocycles. The fraction of sp³-hybridized carbons (Fsp3) is 0.600. The number of hydrogen-bond donors (Lipinski definition) is 0. The molecule has 0 aromatic rings. The summed E-state index contributed by atoms with van der Waals surface area (Å²) in [6, 6.07) is 0. The first kappa shape index (κ1) is 4.50. The Balaban J connectivity index is 2.36. The average Bonchev–Trinajstić information content (AvgIpc) is 2.14. The maximum atomic E-state index is 4.94. The quantitative estimate of drug-likeness (QED) is 0.493.